The average Bonchev–Trinajstić information content (AvgIpc) is 2.59. The summed E-state index contributed by atoms with van der Waals surface area (Å²) in [7, 11) is -1.56. The second kappa shape index (κ2) is 8.80. The highest BCUT2D eigenvalue weighted by Crippen LogP contribution is 2.60. The lowest BCUT2D eigenvalue weighted by Crippen LogP contribution is -2.30. The van der Waals surface area contributed by atoms with Gasteiger partial charge in [-0.2, -0.15) is 0 Å². The van der Waals surface area contributed by atoms with Crippen LogP contribution < -0.4 is 10.6 Å². The summed E-state index contributed by atoms with van der Waals surface area (Å²) in [6.07, 6.45) is 5.11. The molecule has 0 heterocycles. The maximum absolute atomic E-state index is 10.9. The zero-order chi connectivity index (χ0) is 17.4. The second-order valence-corrected chi connectivity index (χ2v) is 10.3. The van der Waals surface area contributed by atoms with E-state index in [4.69, 9.17) is 4.74 Å². The summed E-state index contributed by atoms with van der Waals surface area (Å²) < 4.78 is 5.02. The van der Waals surface area contributed by atoms with E-state index in [0.717, 1.165) is 6.16 Å². The van der Waals surface area contributed by atoms with Gasteiger partial charge in [-0.05, 0) is 50.3 Å². The zero-order valence-electron chi connectivity index (χ0n) is 14.7. The number of carbonyl (C=O) groups is 1. The van der Waals surface area contributed by atoms with Gasteiger partial charge in [0.05, 0.1) is 29.7 Å². The van der Waals surface area contributed by atoms with Crippen LogP contribution in [0.25, 0.3) is 0 Å². The van der Waals surface area contributed by atoms with Crippen molar-refractivity contribution in [1.82, 2.24) is 0 Å². The Hall–Kier alpha value is -1.92. The number of hydrogen-bond acceptors (Lipinski definition) is 2. The summed E-state index contributed by atoms with van der Waals surface area (Å²) in [6.45, 7) is 6.41. The van der Waals surface area contributed by atoms with Gasteiger partial charge >= 0.3 is 5.97 Å². The lowest BCUT2D eigenvalue weighted by Gasteiger charge is -2.30. The van der Waals surface area contributed by atoms with E-state index in [1.165, 1.54) is 17.5 Å². The first-order chi connectivity index (χ1) is 11.6. The predicted octanol–water partition coefficient (Wildman–Crippen LogP) is 4.18. The maximum Gasteiger partial charge on any atom is 0.302 e. The first-order valence-corrected chi connectivity index (χ1v) is 10.4. The van der Waals surface area contributed by atoms with Crippen LogP contribution in [0, 0.1) is 0 Å². The number of allylic oxidation sites excluding steroid dienone is 1. The van der Waals surface area contributed by atoms with Crippen LogP contribution in [0.5, 0.6) is 0 Å². The van der Waals surface area contributed by atoms with E-state index in [9.17, 15) is 4.79 Å². The van der Waals surface area contributed by atoms with Crippen LogP contribution in [0.2, 0.25) is 0 Å². The van der Waals surface area contributed by atoms with Crippen molar-refractivity contribution in [2.75, 3.05) is 12.8 Å². The predicted molar refractivity (Wildman–Crippen MR) is 105 cm³/mol. The van der Waals surface area contributed by atoms with Gasteiger partial charge < -0.3 is 4.74 Å². The van der Waals surface area contributed by atoms with E-state index in [2.05, 4.69) is 80.6 Å². The molecule has 0 saturated carbocycles. The normalized spacial score (nSPS) is 11.8. The number of carbonyl (C=O) groups excluding carboxylic acids is 1. The van der Waals surface area contributed by atoms with Gasteiger partial charge in [0.15, 0.2) is 0 Å². The largest absolute Gasteiger partial charge is 0.462 e. The number of esters is 1. The molecule has 0 spiro atoms. The van der Waals surface area contributed by atoms with Gasteiger partial charge in [-0.1, -0.05) is 36.4 Å². The van der Waals surface area contributed by atoms with Crippen molar-refractivity contribution in [3.8, 4) is 0 Å². The second-order valence-electron chi connectivity index (χ2n) is 6.09. The molecule has 3 heteroatoms. The van der Waals surface area contributed by atoms with Crippen molar-refractivity contribution in [3.05, 3.63) is 72.8 Å². The summed E-state index contributed by atoms with van der Waals surface area (Å²) in [5.74, 6) is -0.240. The van der Waals surface area contributed by atoms with Crippen molar-refractivity contribution in [1.29, 1.82) is 0 Å². The number of ether oxygens (including phenoxy) is 1. The highest BCUT2D eigenvalue weighted by atomic mass is 31.2. The van der Waals surface area contributed by atoms with Gasteiger partial charge in [0.25, 0.3) is 0 Å². The van der Waals surface area contributed by atoms with Crippen molar-refractivity contribution in [2.24, 2.45) is 0 Å². The molecule has 0 atom stereocenters. The van der Waals surface area contributed by atoms with Crippen molar-refractivity contribution in [3.63, 3.8) is 0 Å². The molecule has 2 nitrogen and oxygen atoms in total. The third kappa shape index (κ3) is 4.33. The Labute approximate surface area is 145 Å². The Bertz CT molecular complexity index is 623. The third-order valence-corrected chi connectivity index (χ3v) is 9.25. The van der Waals surface area contributed by atoms with Crippen LogP contribution >= 0.6 is 7.26 Å². The molecule has 2 aromatic carbocycles. The molecule has 0 bridgehead atoms. The Kier molecular flexibility index (Phi) is 6.75. The highest BCUT2D eigenvalue weighted by molar-refractivity contribution is 7.90. The van der Waals surface area contributed by atoms with E-state index in [1.54, 1.807) is 0 Å². The Morgan fingerprint density at radius 2 is 1.46 bits per heavy atom. The van der Waals surface area contributed by atoms with E-state index >= 15 is 0 Å². The van der Waals surface area contributed by atoms with E-state index in [0.29, 0.717) is 12.3 Å². The molecule has 0 N–H and O–H groups in total. The van der Waals surface area contributed by atoms with Crippen LogP contribution in [0.15, 0.2) is 72.8 Å². The molecule has 0 saturated heterocycles. The molecule has 0 aliphatic heterocycles. The minimum absolute atomic E-state index is 0.240. The topological polar surface area (TPSA) is 26.3 Å². The minimum Gasteiger partial charge on any atom is -0.462 e. The fourth-order valence-corrected chi connectivity index (χ4v) is 7.25. The fraction of sp³-hybridized carbons (Fsp3) is 0.286. The number of rotatable bonds is 7. The summed E-state index contributed by atoms with van der Waals surface area (Å²) in [6, 6.07) is 21.6. The molecule has 0 amide bonds. The summed E-state index contributed by atoms with van der Waals surface area (Å²) in [5, 5.41) is 2.84. The van der Waals surface area contributed by atoms with E-state index < -0.39 is 7.26 Å². The first kappa shape index (κ1) is 18.4. The lowest BCUT2D eigenvalue weighted by atomic mass is 10.4. The number of hydrogen-bond donors (Lipinski definition) is 0. The average molecular weight is 341 g/mol. The fourth-order valence-electron chi connectivity index (χ4n) is 3.03. The van der Waals surface area contributed by atoms with Crippen LogP contribution in [-0.4, -0.2) is 24.4 Å². The van der Waals surface area contributed by atoms with Gasteiger partial charge in [-0.3, -0.25) is 4.79 Å². The Balaban J connectivity index is 2.38. The van der Waals surface area contributed by atoms with Crippen LogP contribution in [0.3, 0.4) is 0 Å². The smallest absolute Gasteiger partial charge is 0.302 e. The molecule has 2 rings (SSSR count). The molecule has 0 unspecified atom stereocenters. The Morgan fingerprint density at radius 3 is 1.88 bits per heavy atom. The SMILES string of the molecule is CC(=O)OCC=CC[P+](c1ccccc1)(c1ccccc1)C(C)C. The standard InChI is InChI=1S/C21H26O2P/c1-18(2)24(20-12-6-4-7-13-20,21-14-8-5-9-15-21)17-11-10-16-23-19(3)22/h4-15,18H,16-17H2,1-3H3/q+1. The maximum atomic E-state index is 10.9. The highest BCUT2D eigenvalue weighted by Gasteiger charge is 2.44. The Morgan fingerprint density at radius 1 is 0.958 bits per heavy atom. The van der Waals surface area contributed by atoms with Crippen LogP contribution in [0.1, 0.15) is 20.8 Å². The van der Waals surface area contributed by atoms with Crippen LogP contribution in [0.4, 0.5) is 0 Å². The molecule has 24 heavy (non-hydrogen) atoms. The molecule has 0 fully saturated rings. The molecular formula is C21H26O2P+. The van der Waals surface area contributed by atoms with Gasteiger partial charge in [0.1, 0.15) is 6.61 Å². The summed E-state index contributed by atoms with van der Waals surface area (Å²) in [4.78, 5) is 10.9. The minimum atomic E-state index is -1.56. The van der Waals surface area contributed by atoms with E-state index in [1.807, 2.05) is 6.08 Å². The molecule has 0 aliphatic carbocycles. The number of benzene rings is 2. The van der Waals surface area contributed by atoms with Gasteiger partial charge in [0.2, 0.25) is 0 Å². The lowest BCUT2D eigenvalue weighted by molar-refractivity contribution is -0.139. The monoisotopic (exact) mass is 341 g/mol. The van der Waals surface area contributed by atoms with E-state index in [-0.39, 0.29) is 5.97 Å². The zero-order valence-corrected chi connectivity index (χ0v) is 15.6. The van der Waals surface area contributed by atoms with Gasteiger partial charge in [0, 0.05) is 6.92 Å². The molecule has 0 aliphatic rings. The summed E-state index contributed by atoms with van der Waals surface area (Å²) >= 11 is 0. The van der Waals surface area contributed by atoms with Gasteiger partial charge in [-0.15, -0.1) is 0 Å². The van der Waals surface area contributed by atoms with Crippen molar-refractivity contribution < 1.29 is 9.53 Å². The van der Waals surface area contributed by atoms with Crippen LogP contribution in [-0.2, 0) is 9.53 Å². The van der Waals surface area contributed by atoms with Gasteiger partial charge in [-0.25, -0.2) is 0 Å². The quantitative estimate of drug-likeness (QED) is 0.429. The van der Waals surface area contributed by atoms with Crippen molar-refractivity contribution in [2.45, 2.75) is 26.4 Å². The third-order valence-electron chi connectivity index (χ3n) is 4.26. The summed E-state index contributed by atoms with van der Waals surface area (Å²) in [5.41, 5.74) is 0.528. The molecule has 0 radical (unpaired) electrons. The molecule has 126 valence electrons. The molecule has 2 aromatic rings. The molecular weight excluding hydrogens is 315 g/mol. The molecule has 0 aromatic heterocycles. The first-order valence-electron chi connectivity index (χ1n) is 8.34. The van der Waals surface area contributed by atoms with Crippen molar-refractivity contribution >= 4 is 23.8 Å².